The predicted octanol–water partition coefficient (Wildman–Crippen LogP) is 5.03. The molecule has 0 amide bonds. The van der Waals surface area contributed by atoms with Crippen LogP contribution in [0.5, 0.6) is 0 Å². The highest BCUT2D eigenvalue weighted by molar-refractivity contribution is 8.14. The molecule has 0 saturated heterocycles. The van der Waals surface area contributed by atoms with Crippen LogP contribution in [0.4, 0.5) is 0 Å². The molecule has 0 spiro atoms. The molecule has 1 heterocycles. The first-order chi connectivity index (χ1) is 9.27. The first kappa shape index (κ1) is 15.2. The maximum atomic E-state index is 6.22. The summed E-state index contributed by atoms with van der Waals surface area (Å²) < 4.78 is 4.58. The maximum absolute atomic E-state index is 6.22. The van der Waals surface area contributed by atoms with Gasteiger partial charge in [0.25, 0.3) is 0 Å². The van der Waals surface area contributed by atoms with Gasteiger partial charge in [-0.15, -0.1) is 0 Å². The van der Waals surface area contributed by atoms with Gasteiger partial charge in [0.1, 0.15) is 5.15 Å². The topological polar surface area (TPSA) is 25.2 Å². The molecule has 0 N–H and O–H groups in total. The van der Waals surface area contributed by atoms with E-state index in [2.05, 4.69) is 49.0 Å². The van der Waals surface area contributed by atoms with E-state index < -0.39 is 0 Å². The Morgan fingerprint density at radius 1 is 1.30 bits per heavy atom. The normalized spacial score (nSPS) is 14.1. The second kappa shape index (κ2) is 5.66. The van der Waals surface area contributed by atoms with Crippen LogP contribution in [-0.4, -0.2) is 21.8 Å². The lowest BCUT2D eigenvalue weighted by Gasteiger charge is -2.18. The Labute approximate surface area is 128 Å². The van der Waals surface area contributed by atoms with Crippen molar-refractivity contribution in [2.75, 3.05) is 0 Å². The Balaban J connectivity index is 2.42. The number of rotatable bonds is 2. The molecule has 1 aromatic carbocycles. The summed E-state index contributed by atoms with van der Waals surface area (Å²) in [4.78, 5) is 4.41. The molecule has 0 fully saturated rings. The molecule has 1 aromatic heterocycles. The number of halogens is 1. The maximum Gasteiger partial charge on any atom is 0.138 e. The van der Waals surface area contributed by atoms with Gasteiger partial charge in [0.15, 0.2) is 0 Å². The number of benzene rings is 1. The SMILES string of the molecule is C=S(N=Cc1cc2cc(C)ccc2nc1Cl)C(C)(C)C. The highest BCUT2D eigenvalue weighted by atomic mass is 35.5. The van der Waals surface area contributed by atoms with E-state index in [9.17, 15) is 0 Å². The summed E-state index contributed by atoms with van der Waals surface area (Å²) in [5.41, 5.74) is 2.95. The van der Waals surface area contributed by atoms with Crippen LogP contribution in [0, 0.1) is 6.92 Å². The van der Waals surface area contributed by atoms with E-state index in [1.54, 1.807) is 6.21 Å². The van der Waals surface area contributed by atoms with Crippen molar-refractivity contribution in [2.24, 2.45) is 4.40 Å². The minimum atomic E-state index is -0.301. The van der Waals surface area contributed by atoms with Crippen molar-refractivity contribution in [3.63, 3.8) is 0 Å². The van der Waals surface area contributed by atoms with Gasteiger partial charge in [0.05, 0.1) is 5.52 Å². The fourth-order valence-electron chi connectivity index (χ4n) is 1.66. The summed E-state index contributed by atoms with van der Waals surface area (Å²) >= 11 is 6.22. The molecule has 1 unspecified atom stereocenters. The highest BCUT2D eigenvalue weighted by Crippen LogP contribution is 2.31. The molecule has 0 aliphatic carbocycles. The van der Waals surface area contributed by atoms with Crippen LogP contribution in [-0.2, 0) is 0 Å². The predicted molar refractivity (Wildman–Crippen MR) is 93.5 cm³/mol. The van der Waals surface area contributed by atoms with Gasteiger partial charge in [-0.3, -0.25) is 0 Å². The van der Waals surface area contributed by atoms with Gasteiger partial charge in [0.2, 0.25) is 0 Å². The van der Waals surface area contributed by atoms with E-state index in [1.165, 1.54) is 5.56 Å². The fourth-order valence-corrected chi connectivity index (χ4v) is 2.41. The summed E-state index contributed by atoms with van der Waals surface area (Å²) in [5.74, 6) is 4.10. The monoisotopic (exact) mass is 306 g/mol. The molecular weight excluding hydrogens is 288 g/mol. The van der Waals surface area contributed by atoms with Crippen molar-refractivity contribution in [2.45, 2.75) is 32.4 Å². The molecule has 0 bridgehead atoms. The van der Waals surface area contributed by atoms with Crippen molar-refractivity contribution in [1.29, 1.82) is 0 Å². The minimum absolute atomic E-state index is 0.0594. The summed E-state index contributed by atoms with van der Waals surface area (Å²) in [6.45, 7) is 8.45. The van der Waals surface area contributed by atoms with Crippen LogP contribution in [0.1, 0.15) is 31.9 Å². The number of hydrogen-bond acceptors (Lipinski definition) is 2. The molecule has 20 heavy (non-hydrogen) atoms. The smallest absolute Gasteiger partial charge is 0.138 e. The van der Waals surface area contributed by atoms with Crippen molar-refractivity contribution in [3.05, 3.63) is 40.5 Å². The number of hydrogen-bond donors (Lipinski definition) is 0. The zero-order valence-electron chi connectivity index (χ0n) is 12.3. The van der Waals surface area contributed by atoms with E-state index in [4.69, 9.17) is 11.6 Å². The molecule has 2 aromatic rings. The van der Waals surface area contributed by atoms with Crippen LogP contribution in [0.2, 0.25) is 5.15 Å². The van der Waals surface area contributed by atoms with Gasteiger partial charge in [-0.25, -0.2) is 9.38 Å². The molecule has 2 nitrogen and oxygen atoms in total. The van der Waals surface area contributed by atoms with Crippen molar-refractivity contribution in [1.82, 2.24) is 4.98 Å². The van der Waals surface area contributed by atoms with E-state index in [0.29, 0.717) is 5.15 Å². The Morgan fingerprint density at radius 3 is 2.65 bits per heavy atom. The molecule has 0 saturated carbocycles. The molecule has 1 atom stereocenters. The number of pyridine rings is 1. The average Bonchev–Trinajstić information content (AvgIpc) is 2.35. The summed E-state index contributed by atoms with van der Waals surface area (Å²) in [5, 5.41) is 1.56. The van der Waals surface area contributed by atoms with Crippen LogP contribution in [0.3, 0.4) is 0 Å². The minimum Gasteiger partial charge on any atom is -0.235 e. The lowest BCUT2D eigenvalue weighted by Crippen LogP contribution is -2.08. The molecule has 4 heteroatoms. The average molecular weight is 307 g/mol. The van der Waals surface area contributed by atoms with Gasteiger partial charge in [-0.1, -0.05) is 39.8 Å². The molecule has 2 rings (SSSR count). The van der Waals surface area contributed by atoms with Crippen LogP contribution < -0.4 is 0 Å². The van der Waals surface area contributed by atoms with Crippen molar-refractivity contribution in [3.8, 4) is 0 Å². The molecular formula is C16H19ClN2S. The Kier molecular flexibility index (Phi) is 4.31. The Hall–Kier alpha value is -1.19. The molecule has 0 aliphatic heterocycles. The van der Waals surface area contributed by atoms with E-state index in [1.807, 2.05) is 18.2 Å². The van der Waals surface area contributed by atoms with Gasteiger partial charge < -0.3 is 0 Å². The first-order valence-corrected chi connectivity index (χ1v) is 8.15. The Bertz CT molecular complexity index is 699. The lowest BCUT2D eigenvalue weighted by molar-refractivity contribution is 0.803. The number of aromatic nitrogens is 1. The van der Waals surface area contributed by atoms with Crippen molar-refractivity contribution < 1.29 is 0 Å². The van der Waals surface area contributed by atoms with Crippen molar-refractivity contribution >= 4 is 45.3 Å². The summed E-state index contributed by atoms with van der Waals surface area (Å²) in [7, 11) is -0.301. The van der Waals surface area contributed by atoms with Gasteiger partial charge in [-0.2, -0.15) is 0 Å². The van der Waals surface area contributed by atoms with E-state index in [-0.39, 0.29) is 15.4 Å². The number of fused-ring (bicyclic) bond motifs is 1. The third-order valence-electron chi connectivity index (χ3n) is 2.98. The van der Waals surface area contributed by atoms with Crippen LogP contribution >= 0.6 is 22.3 Å². The van der Waals surface area contributed by atoms with Gasteiger partial charge >= 0.3 is 0 Å². The fraction of sp³-hybridized carbons (Fsp3) is 0.312. The quantitative estimate of drug-likeness (QED) is 0.434. The number of aryl methyl sites for hydroxylation is 1. The standard InChI is InChI=1S/C16H19ClN2S/c1-11-6-7-14-12(8-11)9-13(15(17)19-14)10-18-20(5)16(2,3)4/h6-10H,5H2,1-4H3. The Morgan fingerprint density at radius 2 is 2.00 bits per heavy atom. The largest absolute Gasteiger partial charge is 0.235 e. The molecule has 0 aliphatic rings. The molecule has 0 radical (unpaired) electrons. The summed E-state index contributed by atoms with van der Waals surface area (Å²) in [6, 6.07) is 8.15. The summed E-state index contributed by atoms with van der Waals surface area (Å²) in [6.07, 6.45) is 1.79. The molecule has 106 valence electrons. The second-order valence-electron chi connectivity index (χ2n) is 5.78. The highest BCUT2D eigenvalue weighted by Gasteiger charge is 2.12. The van der Waals surface area contributed by atoms with Crippen LogP contribution in [0.25, 0.3) is 10.9 Å². The zero-order chi connectivity index (χ0) is 14.9. The van der Waals surface area contributed by atoms with E-state index >= 15 is 0 Å². The lowest BCUT2D eigenvalue weighted by atomic mass is 10.1. The third kappa shape index (κ3) is 3.47. The van der Waals surface area contributed by atoms with Gasteiger partial charge in [0, 0.05) is 21.9 Å². The van der Waals surface area contributed by atoms with E-state index in [0.717, 1.165) is 16.5 Å². The number of nitrogens with zero attached hydrogens (tertiary/aromatic N) is 2. The third-order valence-corrected chi connectivity index (χ3v) is 5.05. The van der Waals surface area contributed by atoms with Crippen LogP contribution in [0.15, 0.2) is 28.7 Å². The second-order valence-corrected chi connectivity index (χ2v) is 8.30. The van der Waals surface area contributed by atoms with Gasteiger partial charge in [-0.05, 0) is 45.9 Å². The first-order valence-electron chi connectivity index (χ1n) is 6.42. The zero-order valence-corrected chi connectivity index (χ0v) is 13.8.